The molecule has 0 spiro atoms. The van der Waals surface area contributed by atoms with E-state index in [-0.39, 0.29) is 5.41 Å². The predicted octanol–water partition coefficient (Wildman–Crippen LogP) is 2.18. The van der Waals surface area contributed by atoms with Crippen molar-refractivity contribution in [2.75, 3.05) is 13.6 Å². The molecule has 0 aliphatic heterocycles. The summed E-state index contributed by atoms with van der Waals surface area (Å²) in [5.74, 6) is 0.762. The number of hydrogen-bond acceptors (Lipinski definition) is 3. The SMILES string of the molecule is CNCc1cc(S(=O)(=O)NCC2(C3CC3)CC2)ccc1C. The van der Waals surface area contributed by atoms with Gasteiger partial charge in [-0.05, 0) is 74.2 Å². The highest BCUT2D eigenvalue weighted by atomic mass is 32.2. The molecule has 3 rings (SSSR count). The van der Waals surface area contributed by atoms with Crippen LogP contribution in [-0.2, 0) is 16.6 Å². The number of nitrogens with one attached hydrogen (secondary N) is 2. The fourth-order valence-corrected chi connectivity index (χ4v) is 4.29. The first kappa shape index (κ1) is 15.0. The van der Waals surface area contributed by atoms with Gasteiger partial charge in [-0.25, -0.2) is 13.1 Å². The molecule has 0 unspecified atom stereocenters. The molecule has 0 radical (unpaired) electrons. The Bertz CT molecular complexity index is 632. The van der Waals surface area contributed by atoms with Gasteiger partial charge in [0.25, 0.3) is 0 Å². The van der Waals surface area contributed by atoms with Gasteiger partial charge in [0, 0.05) is 13.1 Å². The number of hydrogen-bond donors (Lipinski definition) is 2. The van der Waals surface area contributed by atoms with Crippen molar-refractivity contribution in [1.29, 1.82) is 0 Å². The third-order valence-electron chi connectivity index (χ3n) is 4.95. The van der Waals surface area contributed by atoms with E-state index in [1.165, 1.54) is 25.7 Å². The molecule has 2 aliphatic rings. The van der Waals surface area contributed by atoms with Crippen LogP contribution in [0.25, 0.3) is 0 Å². The standard InChI is InChI=1S/C16H24N2O2S/c1-12-3-6-15(9-13(12)10-17-2)21(19,20)18-11-16(7-8-16)14-4-5-14/h3,6,9,14,17-18H,4-5,7-8,10-11H2,1-2H3. The van der Waals surface area contributed by atoms with Crippen molar-refractivity contribution in [2.24, 2.45) is 11.3 Å². The zero-order valence-corrected chi connectivity index (χ0v) is 13.6. The first-order chi connectivity index (χ1) is 9.97. The molecule has 2 saturated carbocycles. The van der Waals surface area contributed by atoms with Crippen LogP contribution in [0, 0.1) is 18.3 Å². The fraction of sp³-hybridized carbons (Fsp3) is 0.625. The molecule has 0 amide bonds. The van der Waals surface area contributed by atoms with E-state index in [1.54, 1.807) is 12.1 Å². The van der Waals surface area contributed by atoms with Crippen LogP contribution in [0.2, 0.25) is 0 Å². The van der Waals surface area contributed by atoms with Gasteiger partial charge in [0.15, 0.2) is 0 Å². The Hall–Kier alpha value is -0.910. The molecule has 0 saturated heterocycles. The van der Waals surface area contributed by atoms with Crippen molar-refractivity contribution < 1.29 is 8.42 Å². The maximum Gasteiger partial charge on any atom is 0.240 e. The second-order valence-electron chi connectivity index (χ2n) is 6.58. The predicted molar refractivity (Wildman–Crippen MR) is 83.5 cm³/mol. The summed E-state index contributed by atoms with van der Waals surface area (Å²) in [6.45, 7) is 3.29. The summed E-state index contributed by atoms with van der Waals surface area (Å²) in [6.07, 6.45) is 4.91. The van der Waals surface area contributed by atoms with Crippen LogP contribution in [0.3, 0.4) is 0 Å². The van der Waals surface area contributed by atoms with Crippen molar-refractivity contribution in [3.8, 4) is 0 Å². The normalized spacial score (nSPS) is 20.5. The average Bonchev–Trinajstić information content (AvgIpc) is 3.32. The quantitative estimate of drug-likeness (QED) is 0.812. The number of aryl methyl sites for hydroxylation is 1. The first-order valence-corrected chi connectivity index (χ1v) is 9.19. The van der Waals surface area contributed by atoms with Crippen LogP contribution in [-0.4, -0.2) is 22.0 Å². The monoisotopic (exact) mass is 308 g/mol. The molecule has 2 aliphatic carbocycles. The minimum Gasteiger partial charge on any atom is -0.316 e. The lowest BCUT2D eigenvalue weighted by Crippen LogP contribution is -2.31. The van der Waals surface area contributed by atoms with E-state index in [0.29, 0.717) is 18.0 Å². The van der Waals surface area contributed by atoms with Gasteiger partial charge in [-0.1, -0.05) is 6.07 Å². The highest BCUT2D eigenvalue weighted by molar-refractivity contribution is 7.89. The van der Waals surface area contributed by atoms with E-state index in [4.69, 9.17) is 0 Å². The molecular formula is C16H24N2O2S. The summed E-state index contributed by atoms with van der Waals surface area (Å²) < 4.78 is 27.8. The Balaban J connectivity index is 1.73. The molecule has 0 heterocycles. The molecule has 0 bridgehead atoms. The Labute approximate surface area is 127 Å². The lowest BCUT2D eigenvalue weighted by molar-refractivity contribution is 0.432. The van der Waals surface area contributed by atoms with Gasteiger partial charge in [0.2, 0.25) is 10.0 Å². The summed E-state index contributed by atoms with van der Waals surface area (Å²) in [5, 5.41) is 3.08. The highest BCUT2D eigenvalue weighted by Gasteiger charge is 2.53. The van der Waals surface area contributed by atoms with Crippen LogP contribution in [0.15, 0.2) is 23.1 Å². The van der Waals surface area contributed by atoms with E-state index in [2.05, 4.69) is 10.0 Å². The molecular weight excluding hydrogens is 284 g/mol. The van der Waals surface area contributed by atoms with Gasteiger partial charge in [0.05, 0.1) is 4.90 Å². The van der Waals surface area contributed by atoms with Crippen LogP contribution < -0.4 is 10.0 Å². The summed E-state index contributed by atoms with van der Waals surface area (Å²) in [6, 6.07) is 5.37. The van der Waals surface area contributed by atoms with E-state index in [0.717, 1.165) is 17.0 Å². The third-order valence-corrected chi connectivity index (χ3v) is 6.35. The average molecular weight is 308 g/mol. The van der Waals surface area contributed by atoms with Gasteiger partial charge in [-0.15, -0.1) is 0 Å². The van der Waals surface area contributed by atoms with Crippen molar-refractivity contribution in [3.05, 3.63) is 29.3 Å². The summed E-state index contributed by atoms with van der Waals surface area (Å²) in [7, 11) is -1.53. The molecule has 4 nitrogen and oxygen atoms in total. The maximum absolute atomic E-state index is 12.5. The lowest BCUT2D eigenvalue weighted by Gasteiger charge is -2.16. The smallest absolute Gasteiger partial charge is 0.240 e. The molecule has 1 aromatic carbocycles. The Morgan fingerprint density at radius 1 is 1.29 bits per heavy atom. The van der Waals surface area contributed by atoms with E-state index < -0.39 is 10.0 Å². The molecule has 0 atom stereocenters. The zero-order chi connectivity index (χ0) is 15.1. The minimum absolute atomic E-state index is 0.283. The van der Waals surface area contributed by atoms with E-state index in [9.17, 15) is 8.42 Å². The largest absolute Gasteiger partial charge is 0.316 e. The van der Waals surface area contributed by atoms with Gasteiger partial charge in [-0.2, -0.15) is 0 Å². The molecule has 2 fully saturated rings. The zero-order valence-electron chi connectivity index (χ0n) is 12.8. The molecule has 2 N–H and O–H groups in total. The van der Waals surface area contributed by atoms with Gasteiger partial charge >= 0.3 is 0 Å². The lowest BCUT2D eigenvalue weighted by atomic mass is 10.0. The fourth-order valence-electron chi connectivity index (χ4n) is 3.10. The van der Waals surface area contributed by atoms with Crippen molar-refractivity contribution in [1.82, 2.24) is 10.0 Å². The van der Waals surface area contributed by atoms with Gasteiger partial charge < -0.3 is 5.32 Å². The Morgan fingerprint density at radius 2 is 2.00 bits per heavy atom. The molecule has 1 aromatic rings. The summed E-state index contributed by atoms with van der Waals surface area (Å²) in [4.78, 5) is 0.380. The summed E-state index contributed by atoms with van der Waals surface area (Å²) in [5.41, 5.74) is 2.43. The first-order valence-electron chi connectivity index (χ1n) is 7.71. The topological polar surface area (TPSA) is 58.2 Å². The van der Waals surface area contributed by atoms with E-state index in [1.807, 2.05) is 20.0 Å². The Morgan fingerprint density at radius 3 is 2.57 bits per heavy atom. The van der Waals surface area contributed by atoms with Crippen LogP contribution in [0.5, 0.6) is 0 Å². The molecule has 116 valence electrons. The second kappa shape index (κ2) is 5.38. The molecule has 5 heteroatoms. The van der Waals surface area contributed by atoms with Gasteiger partial charge in [-0.3, -0.25) is 0 Å². The minimum atomic E-state index is -3.39. The molecule has 21 heavy (non-hydrogen) atoms. The molecule has 0 aromatic heterocycles. The van der Waals surface area contributed by atoms with Crippen molar-refractivity contribution in [2.45, 2.75) is 44.0 Å². The van der Waals surface area contributed by atoms with Crippen LogP contribution >= 0.6 is 0 Å². The number of rotatable bonds is 7. The number of benzene rings is 1. The van der Waals surface area contributed by atoms with Crippen LogP contribution in [0.4, 0.5) is 0 Å². The highest BCUT2D eigenvalue weighted by Crippen LogP contribution is 2.60. The Kier molecular flexibility index (Phi) is 3.84. The number of sulfonamides is 1. The van der Waals surface area contributed by atoms with Crippen molar-refractivity contribution >= 4 is 10.0 Å². The van der Waals surface area contributed by atoms with Crippen molar-refractivity contribution in [3.63, 3.8) is 0 Å². The summed E-state index contributed by atoms with van der Waals surface area (Å²) >= 11 is 0. The maximum atomic E-state index is 12.5. The van der Waals surface area contributed by atoms with Crippen LogP contribution in [0.1, 0.15) is 36.8 Å². The van der Waals surface area contributed by atoms with Gasteiger partial charge in [0.1, 0.15) is 0 Å². The van der Waals surface area contributed by atoms with E-state index >= 15 is 0 Å². The third kappa shape index (κ3) is 3.15. The second-order valence-corrected chi connectivity index (χ2v) is 8.35.